The van der Waals surface area contributed by atoms with Crippen LogP contribution in [0.1, 0.15) is 12.0 Å². The van der Waals surface area contributed by atoms with Crippen LogP contribution in [-0.2, 0) is 6.42 Å². The number of nitrogen functional groups attached to an aromatic ring is 2. The van der Waals surface area contributed by atoms with Crippen LogP contribution in [0.15, 0.2) is 0 Å². The molecular weight excluding hydrogens is 142 g/mol. The molecule has 62 valence electrons. The predicted octanol–water partition coefficient (Wildman–Crippen LogP) is -0.535. The van der Waals surface area contributed by atoms with E-state index in [-0.39, 0.29) is 0 Å². The van der Waals surface area contributed by atoms with Crippen LogP contribution < -0.4 is 17.2 Å². The van der Waals surface area contributed by atoms with E-state index in [0.717, 1.165) is 18.4 Å². The molecule has 0 amide bonds. The Balaban J connectivity index is 2.67. The number of nitrogens with one attached hydrogen (secondary N) is 1. The zero-order valence-corrected chi connectivity index (χ0v) is 6.30. The molecule has 1 aromatic heterocycles. The first-order valence-corrected chi connectivity index (χ1v) is 3.54. The van der Waals surface area contributed by atoms with Crippen molar-refractivity contribution in [1.82, 2.24) is 10.2 Å². The van der Waals surface area contributed by atoms with Gasteiger partial charge in [0.25, 0.3) is 0 Å². The molecule has 0 bridgehead atoms. The van der Waals surface area contributed by atoms with E-state index in [0.29, 0.717) is 18.2 Å². The summed E-state index contributed by atoms with van der Waals surface area (Å²) < 4.78 is 0. The number of hydrogen-bond acceptors (Lipinski definition) is 4. The van der Waals surface area contributed by atoms with Gasteiger partial charge >= 0.3 is 0 Å². The summed E-state index contributed by atoms with van der Waals surface area (Å²) in [5.74, 6) is 1.03. The molecule has 0 saturated carbocycles. The number of nitrogens with zero attached hydrogens (tertiary/aromatic N) is 1. The lowest BCUT2D eigenvalue weighted by Gasteiger charge is -1.97. The summed E-state index contributed by atoms with van der Waals surface area (Å²) in [6, 6.07) is 0. The summed E-state index contributed by atoms with van der Waals surface area (Å²) in [6.07, 6.45) is 1.68. The molecule has 0 aliphatic carbocycles. The first kappa shape index (κ1) is 7.87. The summed E-state index contributed by atoms with van der Waals surface area (Å²) in [5.41, 5.74) is 17.3. The highest BCUT2D eigenvalue weighted by Gasteiger charge is 2.05. The van der Waals surface area contributed by atoms with Gasteiger partial charge < -0.3 is 17.2 Å². The third-order valence-corrected chi connectivity index (χ3v) is 1.56. The maximum Gasteiger partial charge on any atom is 0.150 e. The molecule has 1 heterocycles. The smallest absolute Gasteiger partial charge is 0.150 e. The van der Waals surface area contributed by atoms with Gasteiger partial charge in [0.15, 0.2) is 5.82 Å². The lowest BCUT2D eigenvalue weighted by molar-refractivity contribution is 0.836. The molecule has 1 rings (SSSR count). The van der Waals surface area contributed by atoms with Gasteiger partial charge in [0.1, 0.15) is 5.82 Å². The lowest BCUT2D eigenvalue weighted by atomic mass is 10.2. The highest BCUT2D eigenvalue weighted by Crippen LogP contribution is 2.16. The van der Waals surface area contributed by atoms with E-state index in [9.17, 15) is 0 Å². The molecule has 5 heteroatoms. The molecule has 7 N–H and O–H groups in total. The first-order chi connectivity index (χ1) is 5.25. The maximum atomic E-state index is 5.54. The molecule has 1 aromatic rings. The number of aromatic nitrogens is 2. The van der Waals surface area contributed by atoms with Gasteiger partial charge in [0, 0.05) is 5.56 Å². The quantitative estimate of drug-likeness (QED) is 0.470. The number of aromatic amines is 1. The second kappa shape index (κ2) is 3.25. The Morgan fingerprint density at radius 2 is 2.09 bits per heavy atom. The molecule has 0 saturated heterocycles. The Labute approximate surface area is 64.9 Å². The van der Waals surface area contributed by atoms with E-state index in [2.05, 4.69) is 10.2 Å². The maximum absolute atomic E-state index is 5.54. The molecule has 0 aliphatic rings. The van der Waals surface area contributed by atoms with E-state index in [1.54, 1.807) is 0 Å². The minimum atomic E-state index is 0.482. The average molecular weight is 155 g/mol. The molecule has 0 spiro atoms. The van der Waals surface area contributed by atoms with Crippen molar-refractivity contribution in [2.24, 2.45) is 5.73 Å². The van der Waals surface area contributed by atoms with Gasteiger partial charge in [-0.2, -0.15) is 5.10 Å². The van der Waals surface area contributed by atoms with E-state index >= 15 is 0 Å². The summed E-state index contributed by atoms with van der Waals surface area (Å²) in [5, 5.41) is 6.36. The Hall–Kier alpha value is -1.23. The Morgan fingerprint density at radius 1 is 1.36 bits per heavy atom. The summed E-state index contributed by atoms with van der Waals surface area (Å²) >= 11 is 0. The SMILES string of the molecule is NCCCc1c(N)n[nH]c1N. The fourth-order valence-electron chi connectivity index (χ4n) is 0.935. The van der Waals surface area contributed by atoms with E-state index in [1.165, 1.54) is 0 Å². The average Bonchev–Trinajstić information content (AvgIpc) is 2.29. The third kappa shape index (κ3) is 1.62. The van der Waals surface area contributed by atoms with Crippen LogP contribution in [0.25, 0.3) is 0 Å². The Kier molecular flexibility index (Phi) is 2.32. The summed E-state index contributed by atoms with van der Waals surface area (Å²) in [4.78, 5) is 0. The number of hydrogen-bond donors (Lipinski definition) is 4. The van der Waals surface area contributed by atoms with Gasteiger partial charge in [-0.3, -0.25) is 5.10 Å². The van der Waals surface area contributed by atoms with E-state index in [4.69, 9.17) is 17.2 Å². The second-order valence-electron chi connectivity index (χ2n) is 2.39. The predicted molar refractivity (Wildman–Crippen MR) is 44.8 cm³/mol. The first-order valence-electron chi connectivity index (χ1n) is 3.54. The molecule has 11 heavy (non-hydrogen) atoms. The number of rotatable bonds is 3. The molecular formula is C6H13N5. The van der Waals surface area contributed by atoms with Crippen molar-refractivity contribution in [3.8, 4) is 0 Å². The minimum absolute atomic E-state index is 0.482. The van der Waals surface area contributed by atoms with Gasteiger partial charge in [-0.15, -0.1) is 0 Å². The van der Waals surface area contributed by atoms with Gasteiger partial charge in [0.05, 0.1) is 0 Å². The van der Waals surface area contributed by atoms with Crippen LogP contribution in [0.4, 0.5) is 11.6 Å². The van der Waals surface area contributed by atoms with Crippen LogP contribution in [-0.4, -0.2) is 16.7 Å². The van der Waals surface area contributed by atoms with Crippen LogP contribution in [0.5, 0.6) is 0 Å². The van der Waals surface area contributed by atoms with E-state index in [1.807, 2.05) is 0 Å². The van der Waals surface area contributed by atoms with Crippen LogP contribution in [0, 0.1) is 0 Å². The molecule has 0 unspecified atom stereocenters. The Morgan fingerprint density at radius 3 is 2.55 bits per heavy atom. The van der Waals surface area contributed by atoms with Crippen molar-refractivity contribution in [2.45, 2.75) is 12.8 Å². The van der Waals surface area contributed by atoms with Crippen molar-refractivity contribution < 1.29 is 0 Å². The van der Waals surface area contributed by atoms with Gasteiger partial charge in [0.2, 0.25) is 0 Å². The number of anilines is 2. The fourth-order valence-corrected chi connectivity index (χ4v) is 0.935. The lowest BCUT2D eigenvalue weighted by Crippen LogP contribution is -2.02. The monoisotopic (exact) mass is 155 g/mol. The molecule has 0 radical (unpaired) electrons. The molecule has 0 fully saturated rings. The van der Waals surface area contributed by atoms with Crippen molar-refractivity contribution in [1.29, 1.82) is 0 Å². The molecule has 0 aliphatic heterocycles. The molecule has 0 atom stereocenters. The summed E-state index contributed by atoms with van der Waals surface area (Å²) in [6.45, 7) is 0.643. The van der Waals surface area contributed by atoms with Gasteiger partial charge in [-0.1, -0.05) is 0 Å². The standard InChI is InChI=1S/C6H13N5/c7-3-1-2-4-5(8)10-11-6(4)9/h1-3,7H2,(H5,8,9,10,11). The molecule has 0 aromatic carbocycles. The number of nitrogens with two attached hydrogens (primary N) is 3. The van der Waals surface area contributed by atoms with Crippen LogP contribution >= 0.6 is 0 Å². The zero-order valence-electron chi connectivity index (χ0n) is 6.30. The normalized spacial score (nSPS) is 10.3. The second-order valence-corrected chi connectivity index (χ2v) is 2.39. The molecule has 5 nitrogen and oxygen atoms in total. The van der Waals surface area contributed by atoms with Crippen molar-refractivity contribution in [2.75, 3.05) is 18.0 Å². The third-order valence-electron chi connectivity index (χ3n) is 1.56. The van der Waals surface area contributed by atoms with E-state index < -0.39 is 0 Å². The van der Waals surface area contributed by atoms with Gasteiger partial charge in [-0.25, -0.2) is 0 Å². The Bertz CT molecular complexity index is 209. The minimum Gasteiger partial charge on any atom is -0.384 e. The van der Waals surface area contributed by atoms with Crippen LogP contribution in [0.2, 0.25) is 0 Å². The fraction of sp³-hybridized carbons (Fsp3) is 0.500. The summed E-state index contributed by atoms with van der Waals surface area (Å²) in [7, 11) is 0. The number of H-pyrrole nitrogens is 1. The van der Waals surface area contributed by atoms with Crippen molar-refractivity contribution in [3.63, 3.8) is 0 Å². The zero-order chi connectivity index (χ0) is 8.27. The topological polar surface area (TPSA) is 107 Å². The van der Waals surface area contributed by atoms with Crippen molar-refractivity contribution >= 4 is 11.6 Å². The highest BCUT2D eigenvalue weighted by molar-refractivity contribution is 5.52. The largest absolute Gasteiger partial charge is 0.384 e. The highest BCUT2D eigenvalue weighted by atomic mass is 15.2. The van der Waals surface area contributed by atoms with Crippen LogP contribution in [0.3, 0.4) is 0 Å². The van der Waals surface area contributed by atoms with Gasteiger partial charge in [-0.05, 0) is 19.4 Å². The van der Waals surface area contributed by atoms with Crippen molar-refractivity contribution in [3.05, 3.63) is 5.56 Å².